The summed E-state index contributed by atoms with van der Waals surface area (Å²) in [7, 11) is 5.49. The minimum absolute atomic E-state index is 0. The monoisotopic (exact) mass is 564 g/mol. The van der Waals surface area contributed by atoms with Gasteiger partial charge in [0.1, 0.15) is 5.69 Å². The molecule has 9 nitrogen and oxygen atoms in total. The summed E-state index contributed by atoms with van der Waals surface area (Å²) >= 11 is 7.49. The van der Waals surface area contributed by atoms with E-state index in [2.05, 4.69) is 32.5 Å². The number of fused-ring (bicyclic) bond motifs is 2. The van der Waals surface area contributed by atoms with Gasteiger partial charge in [-0.2, -0.15) is 0 Å². The standard InChI is InChI=1S/C25H29ClN6O3S.ClH/c1-31(2)25(35)14-10-18(28-22(33)20-9-13-8-15(26)4-5-16(13)27-20)19(11-14)29-23(34)24-30-17-6-7-32(3)12-21(17)36-24;/h4-5,8-9,14,18-19,27H,6-7,10-12H2,1-3H3,(H,28,33)(H,29,34);1H/t14?,18-,19-;/m1./s1. The summed E-state index contributed by atoms with van der Waals surface area (Å²) in [6.45, 7) is 1.71. The first kappa shape index (κ1) is 27.4. The summed E-state index contributed by atoms with van der Waals surface area (Å²) in [6.07, 6.45) is 1.72. The summed E-state index contributed by atoms with van der Waals surface area (Å²) in [5.41, 5.74) is 2.19. The Morgan fingerprint density at radius 2 is 1.84 bits per heavy atom. The first-order valence-corrected chi connectivity index (χ1v) is 13.2. The predicted octanol–water partition coefficient (Wildman–Crippen LogP) is 3.08. The topological polar surface area (TPSA) is 110 Å². The average Bonchev–Trinajstić information content (AvgIpc) is 3.54. The van der Waals surface area contributed by atoms with E-state index in [1.54, 1.807) is 37.2 Å². The lowest BCUT2D eigenvalue weighted by Gasteiger charge is -2.21. The number of thiazole rings is 1. The van der Waals surface area contributed by atoms with E-state index in [0.29, 0.717) is 28.6 Å². The molecule has 1 aromatic carbocycles. The summed E-state index contributed by atoms with van der Waals surface area (Å²) in [5.74, 6) is -0.869. The molecule has 2 aromatic heterocycles. The van der Waals surface area contributed by atoms with Gasteiger partial charge in [0.2, 0.25) is 5.91 Å². The molecule has 3 aromatic rings. The number of carbonyl (C=O) groups is 3. The number of hydrogen-bond donors (Lipinski definition) is 3. The van der Waals surface area contributed by atoms with Crippen LogP contribution in [0, 0.1) is 5.92 Å². The first-order valence-electron chi connectivity index (χ1n) is 12.0. The number of likely N-dealkylation sites (N-methyl/N-ethyl adjacent to an activating group) is 1. The fourth-order valence-corrected chi connectivity index (χ4v) is 6.32. The van der Waals surface area contributed by atoms with Gasteiger partial charge in [-0.25, -0.2) is 4.98 Å². The zero-order valence-corrected chi connectivity index (χ0v) is 23.2. The lowest BCUT2D eigenvalue weighted by atomic mass is 10.1. The molecular weight excluding hydrogens is 535 g/mol. The molecule has 1 aliphatic carbocycles. The van der Waals surface area contributed by atoms with Crippen molar-refractivity contribution in [1.82, 2.24) is 30.4 Å². The second-order valence-electron chi connectivity index (χ2n) is 9.85. The highest BCUT2D eigenvalue weighted by Gasteiger charge is 2.40. The molecule has 3 heterocycles. The summed E-state index contributed by atoms with van der Waals surface area (Å²) in [5, 5.41) is 7.96. The number of carbonyl (C=O) groups excluding carboxylic acids is 3. The van der Waals surface area contributed by atoms with Crippen LogP contribution >= 0.6 is 35.3 Å². The maximum absolute atomic E-state index is 13.2. The van der Waals surface area contributed by atoms with Crippen LogP contribution in [0.4, 0.5) is 0 Å². The van der Waals surface area contributed by atoms with E-state index in [1.807, 2.05) is 6.07 Å². The molecule has 1 unspecified atom stereocenters. The minimum atomic E-state index is -0.397. The Morgan fingerprint density at radius 1 is 1.14 bits per heavy atom. The van der Waals surface area contributed by atoms with E-state index in [0.717, 1.165) is 41.0 Å². The van der Waals surface area contributed by atoms with Crippen LogP contribution in [0.2, 0.25) is 5.02 Å². The molecule has 198 valence electrons. The second kappa shape index (κ2) is 11.0. The van der Waals surface area contributed by atoms with Crippen LogP contribution in [0.3, 0.4) is 0 Å². The van der Waals surface area contributed by atoms with E-state index in [9.17, 15) is 14.4 Å². The third-order valence-electron chi connectivity index (χ3n) is 6.93. The highest BCUT2D eigenvalue weighted by atomic mass is 35.5. The van der Waals surface area contributed by atoms with E-state index >= 15 is 0 Å². The fourth-order valence-electron chi connectivity index (χ4n) is 5.05. The van der Waals surface area contributed by atoms with E-state index in [1.165, 1.54) is 11.3 Å². The molecular formula is C25H30Cl2N6O3S. The van der Waals surface area contributed by atoms with Crippen molar-refractivity contribution in [2.45, 2.75) is 37.9 Å². The van der Waals surface area contributed by atoms with Gasteiger partial charge in [0.15, 0.2) is 5.01 Å². The van der Waals surface area contributed by atoms with Crippen LogP contribution in [0.25, 0.3) is 10.9 Å². The zero-order chi connectivity index (χ0) is 25.6. The van der Waals surface area contributed by atoms with Gasteiger partial charge >= 0.3 is 0 Å². The van der Waals surface area contributed by atoms with Crippen LogP contribution in [-0.2, 0) is 17.8 Å². The SMILES string of the molecule is CN1CCc2nc(C(=O)N[C@@H]3CC(C(=O)N(C)C)C[C@H]3NC(=O)c3cc4cc(Cl)ccc4[nH]3)sc2C1.Cl. The van der Waals surface area contributed by atoms with Crippen molar-refractivity contribution in [1.29, 1.82) is 0 Å². The number of amides is 3. The summed E-state index contributed by atoms with van der Waals surface area (Å²) in [4.78, 5) is 51.6. The van der Waals surface area contributed by atoms with Crippen molar-refractivity contribution in [3.63, 3.8) is 0 Å². The molecule has 3 N–H and O–H groups in total. The van der Waals surface area contributed by atoms with Crippen LogP contribution in [-0.4, -0.2) is 77.3 Å². The van der Waals surface area contributed by atoms with Crippen molar-refractivity contribution in [3.8, 4) is 0 Å². The van der Waals surface area contributed by atoms with Crippen molar-refractivity contribution >= 4 is 64.0 Å². The predicted molar refractivity (Wildman–Crippen MR) is 147 cm³/mol. The van der Waals surface area contributed by atoms with Gasteiger partial charge < -0.3 is 25.4 Å². The molecule has 5 rings (SSSR count). The molecule has 0 spiro atoms. The van der Waals surface area contributed by atoms with Crippen LogP contribution < -0.4 is 10.6 Å². The van der Waals surface area contributed by atoms with Crippen LogP contribution in [0.15, 0.2) is 24.3 Å². The Labute approximate surface area is 230 Å². The Kier molecular flexibility index (Phi) is 8.13. The number of aromatic nitrogens is 2. The quantitative estimate of drug-likeness (QED) is 0.441. The lowest BCUT2D eigenvalue weighted by molar-refractivity contribution is -0.132. The molecule has 0 saturated heterocycles. The van der Waals surface area contributed by atoms with Crippen molar-refractivity contribution in [2.75, 3.05) is 27.7 Å². The number of H-pyrrole nitrogens is 1. The summed E-state index contributed by atoms with van der Waals surface area (Å²) in [6, 6.07) is 6.34. The van der Waals surface area contributed by atoms with Crippen molar-refractivity contribution in [3.05, 3.63) is 50.6 Å². The van der Waals surface area contributed by atoms with Crippen molar-refractivity contribution in [2.24, 2.45) is 5.92 Å². The number of nitrogens with zero attached hydrogens (tertiary/aromatic N) is 3. The van der Waals surface area contributed by atoms with Gasteiger partial charge in [0.05, 0.1) is 17.8 Å². The Bertz CT molecular complexity index is 1340. The lowest BCUT2D eigenvalue weighted by Crippen LogP contribution is -2.48. The van der Waals surface area contributed by atoms with Crippen LogP contribution in [0.5, 0.6) is 0 Å². The van der Waals surface area contributed by atoms with Gasteiger partial charge in [0.25, 0.3) is 11.8 Å². The Morgan fingerprint density at radius 3 is 2.54 bits per heavy atom. The minimum Gasteiger partial charge on any atom is -0.351 e. The van der Waals surface area contributed by atoms with Gasteiger partial charge in [-0.05, 0) is 44.2 Å². The van der Waals surface area contributed by atoms with Gasteiger partial charge in [-0.3, -0.25) is 14.4 Å². The Hall–Kier alpha value is -2.66. The zero-order valence-electron chi connectivity index (χ0n) is 20.8. The average molecular weight is 566 g/mol. The molecule has 2 aliphatic rings. The van der Waals surface area contributed by atoms with Gasteiger partial charge in [0, 0.05) is 60.3 Å². The highest BCUT2D eigenvalue weighted by Crippen LogP contribution is 2.30. The molecule has 1 fully saturated rings. The maximum atomic E-state index is 13.2. The molecule has 3 atom stereocenters. The third kappa shape index (κ3) is 5.77. The van der Waals surface area contributed by atoms with E-state index < -0.39 is 12.1 Å². The first-order chi connectivity index (χ1) is 17.2. The maximum Gasteiger partial charge on any atom is 0.280 e. The summed E-state index contributed by atoms with van der Waals surface area (Å²) < 4.78 is 0. The number of nitrogens with one attached hydrogen (secondary N) is 3. The number of benzene rings is 1. The number of aromatic amines is 1. The second-order valence-corrected chi connectivity index (χ2v) is 11.4. The molecule has 1 aliphatic heterocycles. The molecule has 1 saturated carbocycles. The smallest absolute Gasteiger partial charge is 0.280 e. The molecule has 0 bridgehead atoms. The number of hydrogen-bond acceptors (Lipinski definition) is 6. The van der Waals surface area contributed by atoms with E-state index in [4.69, 9.17) is 11.6 Å². The van der Waals surface area contributed by atoms with Crippen molar-refractivity contribution < 1.29 is 14.4 Å². The largest absolute Gasteiger partial charge is 0.351 e. The number of rotatable bonds is 5. The van der Waals surface area contributed by atoms with Crippen LogP contribution in [0.1, 0.15) is 43.7 Å². The Balaban J connectivity index is 0.00000320. The van der Waals surface area contributed by atoms with Gasteiger partial charge in [-0.1, -0.05) is 11.6 Å². The molecule has 3 amide bonds. The fraction of sp³-hybridized carbons (Fsp3) is 0.440. The highest BCUT2D eigenvalue weighted by molar-refractivity contribution is 7.13. The third-order valence-corrected chi connectivity index (χ3v) is 8.25. The molecule has 0 radical (unpaired) electrons. The molecule has 12 heteroatoms. The molecule has 37 heavy (non-hydrogen) atoms. The number of halogens is 2. The normalized spacial score (nSPS) is 21.2. The van der Waals surface area contributed by atoms with E-state index in [-0.39, 0.29) is 36.0 Å². The van der Waals surface area contributed by atoms with Gasteiger partial charge in [-0.15, -0.1) is 23.7 Å².